The zero-order valence-electron chi connectivity index (χ0n) is 18.0. The molecule has 0 aromatic rings. The fourth-order valence-electron chi connectivity index (χ4n) is 3.05. The normalized spacial score (nSPS) is 13.4. The van der Waals surface area contributed by atoms with E-state index in [1.54, 1.807) is 0 Å². The van der Waals surface area contributed by atoms with Gasteiger partial charge in [0.15, 0.2) is 0 Å². The Bertz CT molecular complexity index is 576. The van der Waals surface area contributed by atoms with Gasteiger partial charge >= 0.3 is 0 Å². The van der Waals surface area contributed by atoms with E-state index < -0.39 is 0 Å². The summed E-state index contributed by atoms with van der Waals surface area (Å²) in [7, 11) is 1.87. The first kappa shape index (κ1) is 25.8. The number of hydrogen-bond acceptors (Lipinski definition) is 6. The SMILES string of the molecule is CN(CCC(=O)NCCO)CCC(=O)NCCCCCCCCN1C(=O)C=CC1=O. The molecule has 0 unspecified atom stereocenters. The van der Waals surface area contributed by atoms with E-state index in [4.69, 9.17) is 5.11 Å². The molecule has 1 aliphatic rings. The van der Waals surface area contributed by atoms with Gasteiger partial charge in [-0.1, -0.05) is 25.7 Å². The molecule has 9 heteroatoms. The Balaban J connectivity index is 1.90. The van der Waals surface area contributed by atoms with Crippen LogP contribution < -0.4 is 10.6 Å². The standard InChI is InChI=1S/C21H36N4O5/c1-24(16-11-19(28)23-13-17-26)15-10-18(27)22-12-6-4-2-3-5-7-14-25-20(29)8-9-21(25)30/h8-9,26H,2-7,10-17H2,1H3,(H,22,27)(H,23,28). The lowest BCUT2D eigenvalue weighted by atomic mass is 10.1. The van der Waals surface area contributed by atoms with Crippen LogP contribution in [0.4, 0.5) is 0 Å². The van der Waals surface area contributed by atoms with E-state index in [0.717, 1.165) is 38.5 Å². The first-order chi connectivity index (χ1) is 14.4. The van der Waals surface area contributed by atoms with Gasteiger partial charge < -0.3 is 20.6 Å². The van der Waals surface area contributed by atoms with Gasteiger partial charge in [0.1, 0.15) is 0 Å². The summed E-state index contributed by atoms with van der Waals surface area (Å²) in [5.41, 5.74) is 0. The number of imide groups is 1. The summed E-state index contributed by atoms with van der Waals surface area (Å²) in [4.78, 5) is 49.4. The molecule has 1 rings (SSSR count). The molecule has 1 heterocycles. The van der Waals surface area contributed by atoms with Crippen LogP contribution in [0.5, 0.6) is 0 Å². The third-order valence-corrected chi connectivity index (χ3v) is 4.91. The van der Waals surface area contributed by atoms with E-state index in [1.807, 2.05) is 11.9 Å². The number of amides is 4. The van der Waals surface area contributed by atoms with Crippen molar-refractivity contribution in [3.8, 4) is 0 Å². The zero-order valence-corrected chi connectivity index (χ0v) is 18.0. The maximum atomic E-state index is 11.9. The third kappa shape index (κ3) is 11.7. The van der Waals surface area contributed by atoms with Crippen molar-refractivity contribution in [1.82, 2.24) is 20.4 Å². The summed E-state index contributed by atoms with van der Waals surface area (Å²) in [6.45, 7) is 2.51. The van der Waals surface area contributed by atoms with Gasteiger partial charge in [0.25, 0.3) is 11.8 Å². The molecule has 0 aromatic heterocycles. The number of aliphatic hydroxyl groups is 1. The number of rotatable bonds is 17. The second kappa shape index (κ2) is 15.6. The van der Waals surface area contributed by atoms with Crippen LogP contribution in [-0.4, -0.2) is 84.9 Å². The lowest BCUT2D eigenvalue weighted by Crippen LogP contribution is -2.33. The van der Waals surface area contributed by atoms with Crippen LogP contribution in [-0.2, 0) is 19.2 Å². The Hall–Kier alpha value is -2.26. The summed E-state index contributed by atoms with van der Waals surface area (Å²) in [5.74, 6) is -0.522. The fourth-order valence-corrected chi connectivity index (χ4v) is 3.05. The van der Waals surface area contributed by atoms with Gasteiger partial charge in [0.05, 0.1) is 6.61 Å². The van der Waals surface area contributed by atoms with Crippen LogP contribution in [0.15, 0.2) is 12.2 Å². The highest BCUT2D eigenvalue weighted by Crippen LogP contribution is 2.09. The van der Waals surface area contributed by atoms with E-state index in [9.17, 15) is 19.2 Å². The molecule has 0 spiro atoms. The van der Waals surface area contributed by atoms with Crippen LogP contribution in [0.2, 0.25) is 0 Å². The molecular weight excluding hydrogens is 388 g/mol. The first-order valence-corrected chi connectivity index (χ1v) is 10.8. The summed E-state index contributed by atoms with van der Waals surface area (Å²) in [6.07, 6.45) is 9.26. The minimum absolute atomic E-state index is 0.0140. The lowest BCUT2D eigenvalue weighted by Gasteiger charge is -2.16. The number of hydrogen-bond donors (Lipinski definition) is 3. The molecule has 4 amide bonds. The second-order valence-electron chi connectivity index (χ2n) is 7.51. The molecule has 0 saturated heterocycles. The number of unbranched alkanes of at least 4 members (excludes halogenated alkanes) is 5. The highest BCUT2D eigenvalue weighted by molar-refractivity contribution is 6.12. The summed E-state index contributed by atoms with van der Waals surface area (Å²) < 4.78 is 0. The molecule has 0 radical (unpaired) electrons. The van der Waals surface area contributed by atoms with Crippen molar-refractivity contribution in [2.75, 3.05) is 46.4 Å². The van der Waals surface area contributed by atoms with Crippen molar-refractivity contribution in [2.45, 2.75) is 51.4 Å². The highest BCUT2D eigenvalue weighted by Gasteiger charge is 2.22. The molecule has 0 saturated carbocycles. The first-order valence-electron chi connectivity index (χ1n) is 10.8. The van der Waals surface area contributed by atoms with Gasteiger partial charge in [-0.25, -0.2) is 0 Å². The van der Waals surface area contributed by atoms with Crippen LogP contribution in [0.25, 0.3) is 0 Å². The number of nitrogens with zero attached hydrogens (tertiary/aromatic N) is 2. The molecule has 0 aromatic carbocycles. The van der Waals surface area contributed by atoms with Crippen molar-refractivity contribution >= 4 is 23.6 Å². The quantitative estimate of drug-likeness (QED) is 0.227. The van der Waals surface area contributed by atoms with E-state index in [0.29, 0.717) is 39.0 Å². The molecule has 170 valence electrons. The predicted molar refractivity (Wildman–Crippen MR) is 113 cm³/mol. The van der Waals surface area contributed by atoms with Crippen LogP contribution >= 0.6 is 0 Å². The van der Waals surface area contributed by atoms with Crippen LogP contribution in [0, 0.1) is 0 Å². The summed E-state index contributed by atoms with van der Waals surface area (Å²) >= 11 is 0. The molecule has 0 fully saturated rings. The van der Waals surface area contributed by atoms with Gasteiger partial charge in [0.2, 0.25) is 11.8 Å². The van der Waals surface area contributed by atoms with Gasteiger partial charge in [0, 0.05) is 57.7 Å². The minimum Gasteiger partial charge on any atom is -0.395 e. The van der Waals surface area contributed by atoms with E-state index in [-0.39, 0.29) is 36.8 Å². The molecular formula is C21H36N4O5. The minimum atomic E-state index is -0.217. The average Bonchev–Trinajstić information content (AvgIpc) is 3.05. The summed E-state index contributed by atoms with van der Waals surface area (Å²) in [5, 5.41) is 14.2. The van der Waals surface area contributed by atoms with Gasteiger partial charge in [-0.3, -0.25) is 24.1 Å². The lowest BCUT2D eigenvalue weighted by molar-refractivity contribution is -0.137. The highest BCUT2D eigenvalue weighted by atomic mass is 16.3. The maximum Gasteiger partial charge on any atom is 0.253 e. The van der Waals surface area contributed by atoms with E-state index >= 15 is 0 Å². The van der Waals surface area contributed by atoms with Gasteiger partial charge in [-0.2, -0.15) is 0 Å². The number of nitrogens with one attached hydrogen (secondary N) is 2. The molecule has 0 bridgehead atoms. The number of carbonyl (C=O) groups excluding carboxylic acids is 4. The molecule has 9 nitrogen and oxygen atoms in total. The largest absolute Gasteiger partial charge is 0.395 e. The summed E-state index contributed by atoms with van der Waals surface area (Å²) in [6, 6.07) is 0. The Morgan fingerprint density at radius 2 is 1.37 bits per heavy atom. The molecule has 30 heavy (non-hydrogen) atoms. The molecule has 3 N–H and O–H groups in total. The van der Waals surface area contributed by atoms with Gasteiger partial charge in [-0.15, -0.1) is 0 Å². The van der Waals surface area contributed by atoms with Crippen molar-refractivity contribution in [2.24, 2.45) is 0 Å². The predicted octanol–water partition coefficient (Wildman–Crippen LogP) is 0.189. The number of carbonyl (C=O) groups is 4. The van der Waals surface area contributed by atoms with Gasteiger partial charge in [-0.05, 0) is 19.9 Å². The monoisotopic (exact) mass is 424 g/mol. The fraction of sp³-hybridized carbons (Fsp3) is 0.714. The average molecular weight is 425 g/mol. The molecule has 0 aliphatic carbocycles. The van der Waals surface area contributed by atoms with Crippen molar-refractivity contribution in [1.29, 1.82) is 0 Å². The van der Waals surface area contributed by atoms with Crippen molar-refractivity contribution in [3.05, 3.63) is 12.2 Å². The number of aliphatic hydroxyl groups excluding tert-OH is 1. The van der Waals surface area contributed by atoms with Crippen LogP contribution in [0.3, 0.4) is 0 Å². The van der Waals surface area contributed by atoms with E-state index in [2.05, 4.69) is 10.6 Å². The third-order valence-electron chi connectivity index (χ3n) is 4.91. The Morgan fingerprint density at radius 3 is 1.93 bits per heavy atom. The van der Waals surface area contributed by atoms with E-state index in [1.165, 1.54) is 17.1 Å². The van der Waals surface area contributed by atoms with Crippen molar-refractivity contribution < 1.29 is 24.3 Å². The Morgan fingerprint density at radius 1 is 0.867 bits per heavy atom. The van der Waals surface area contributed by atoms with Crippen LogP contribution in [0.1, 0.15) is 51.4 Å². The second-order valence-corrected chi connectivity index (χ2v) is 7.51. The molecule has 0 atom stereocenters. The van der Waals surface area contributed by atoms with Crippen molar-refractivity contribution in [3.63, 3.8) is 0 Å². The smallest absolute Gasteiger partial charge is 0.253 e. The molecule has 1 aliphatic heterocycles. The topological polar surface area (TPSA) is 119 Å². The maximum absolute atomic E-state index is 11.9. The Labute approximate surface area is 178 Å². The zero-order chi connectivity index (χ0) is 22.2. The Kier molecular flexibility index (Phi) is 13.4.